The van der Waals surface area contributed by atoms with Gasteiger partial charge in [0, 0.05) is 5.69 Å². The summed E-state index contributed by atoms with van der Waals surface area (Å²) in [5.41, 5.74) is 10.9. The van der Waals surface area contributed by atoms with Gasteiger partial charge in [-0.1, -0.05) is 0 Å². The predicted octanol–water partition coefficient (Wildman–Crippen LogP) is 2.49. The number of nitrogens with one attached hydrogen (secondary N) is 2. The first-order valence-electron chi connectivity index (χ1n) is 5.81. The summed E-state index contributed by atoms with van der Waals surface area (Å²) in [4.78, 5) is 7.41. The number of imidazole rings is 1. The van der Waals surface area contributed by atoms with Gasteiger partial charge in [0.1, 0.15) is 11.5 Å². The Hall–Kier alpha value is -2.76. The summed E-state index contributed by atoms with van der Waals surface area (Å²) in [7, 11) is 0. The molecule has 0 saturated carbocycles. The fourth-order valence-electron chi connectivity index (χ4n) is 1.76. The summed E-state index contributed by atoms with van der Waals surface area (Å²) < 4.78 is 5.36. The molecule has 0 aliphatic carbocycles. The summed E-state index contributed by atoms with van der Waals surface area (Å²) in [6.45, 7) is 1.88. The second kappa shape index (κ2) is 4.49. The van der Waals surface area contributed by atoms with Gasteiger partial charge in [0.05, 0.1) is 17.2 Å². The zero-order chi connectivity index (χ0) is 13.2. The number of anilines is 2. The molecule has 0 fully saturated rings. The smallest absolute Gasteiger partial charge is 0.222 e. The van der Waals surface area contributed by atoms with E-state index in [1.165, 1.54) is 0 Å². The molecule has 0 amide bonds. The minimum atomic E-state index is 0.556. The van der Waals surface area contributed by atoms with Crippen LogP contribution in [0.15, 0.2) is 39.9 Å². The molecule has 0 saturated heterocycles. The molecule has 0 aliphatic rings. The summed E-state index contributed by atoms with van der Waals surface area (Å²) in [6, 6.07) is 9.23. The van der Waals surface area contributed by atoms with Gasteiger partial charge in [-0.05, 0) is 37.3 Å². The lowest BCUT2D eigenvalue weighted by Gasteiger charge is -1.91. The summed E-state index contributed by atoms with van der Waals surface area (Å²) in [6.07, 6.45) is 1.59. The number of hydrogen-bond acceptors (Lipinski definition) is 5. The van der Waals surface area contributed by atoms with Crippen molar-refractivity contribution in [3.63, 3.8) is 0 Å². The van der Waals surface area contributed by atoms with Crippen molar-refractivity contribution < 1.29 is 4.42 Å². The molecule has 0 atom stereocenters. The highest BCUT2D eigenvalue weighted by Crippen LogP contribution is 2.16. The topological polar surface area (TPSA) is 92.2 Å². The average molecular weight is 255 g/mol. The van der Waals surface area contributed by atoms with Crippen molar-refractivity contribution >= 4 is 28.9 Å². The number of fused-ring (bicyclic) bond motifs is 1. The Morgan fingerprint density at radius 3 is 3.05 bits per heavy atom. The standard InChI is InChI=1S/C13H13N5O/c1-8-2-4-10(19-8)7-15-18-13-16-11-5-3-9(14)6-12(11)17-13/h2-7H,14H2,1H3,(H2,16,17,18)/b15-7+. The van der Waals surface area contributed by atoms with Crippen LogP contribution in [-0.2, 0) is 0 Å². The van der Waals surface area contributed by atoms with Crippen LogP contribution < -0.4 is 11.2 Å². The van der Waals surface area contributed by atoms with Gasteiger partial charge < -0.3 is 15.1 Å². The normalized spacial score (nSPS) is 11.4. The maximum atomic E-state index is 5.70. The van der Waals surface area contributed by atoms with Crippen molar-refractivity contribution in [2.24, 2.45) is 5.10 Å². The molecule has 96 valence electrons. The fourth-order valence-corrected chi connectivity index (χ4v) is 1.76. The van der Waals surface area contributed by atoms with Crippen LogP contribution in [0.25, 0.3) is 11.0 Å². The third-order valence-electron chi connectivity index (χ3n) is 2.63. The van der Waals surface area contributed by atoms with E-state index in [1.54, 1.807) is 12.3 Å². The SMILES string of the molecule is Cc1ccc(/C=N/Nc2nc3cc(N)ccc3[nH]2)o1. The van der Waals surface area contributed by atoms with Crippen molar-refractivity contribution in [1.82, 2.24) is 9.97 Å². The maximum absolute atomic E-state index is 5.70. The van der Waals surface area contributed by atoms with E-state index in [2.05, 4.69) is 20.5 Å². The fraction of sp³-hybridized carbons (Fsp3) is 0.0769. The summed E-state index contributed by atoms with van der Waals surface area (Å²) in [5.74, 6) is 2.09. The number of aryl methyl sites for hydroxylation is 1. The molecule has 6 nitrogen and oxygen atoms in total. The molecule has 6 heteroatoms. The lowest BCUT2D eigenvalue weighted by molar-refractivity contribution is 0.528. The number of aromatic amines is 1. The van der Waals surface area contributed by atoms with Gasteiger partial charge in [-0.25, -0.2) is 10.4 Å². The highest BCUT2D eigenvalue weighted by Gasteiger charge is 2.01. The average Bonchev–Trinajstić information content (AvgIpc) is 2.95. The minimum Gasteiger partial charge on any atom is -0.460 e. The van der Waals surface area contributed by atoms with E-state index in [9.17, 15) is 0 Å². The van der Waals surface area contributed by atoms with E-state index < -0.39 is 0 Å². The zero-order valence-corrected chi connectivity index (χ0v) is 10.3. The van der Waals surface area contributed by atoms with Crippen LogP contribution in [-0.4, -0.2) is 16.2 Å². The molecule has 0 bridgehead atoms. The second-order valence-corrected chi connectivity index (χ2v) is 4.18. The second-order valence-electron chi connectivity index (χ2n) is 4.18. The lowest BCUT2D eigenvalue weighted by atomic mass is 10.3. The van der Waals surface area contributed by atoms with Gasteiger partial charge in [-0.2, -0.15) is 5.10 Å². The molecular formula is C13H13N5O. The number of aromatic nitrogens is 2. The first kappa shape index (κ1) is 11.3. The number of furan rings is 1. The van der Waals surface area contributed by atoms with Crippen molar-refractivity contribution in [2.75, 3.05) is 11.2 Å². The monoisotopic (exact) mass is 255 g/mol. The maximum Gasteiger partial charge on any atom is 0.222 e. The number of nitrogen functional groups attached to an aromatic ring is 1. The largest absolute Gasteiger partial charge is 0.460 e. The Kier molecular flexibility index (Phi) is 2.68. The Morgan fingerprint density at radius 1 is 1.37 bits per heavy atom. The molecule has 3 aromatic rings. The van der Waals surface area contributed by atoms with Gasteiger partial charge in [0.2, 0.25) is 5.95 Å². The molecule has 1 aromatic carbocycles. The van der Waals surface area contributed by atoms with Gasteiger partial charge in [-0.3, -0.25) is 0 Å². The Balaban J connectivity index is 1.76. The number of nitrogens with zero attached hydrogens (tertiary/aromatic N) is 2. The first-order chi connectivity index (χ1) is 9.20. The van der Waals surface area contributed by atoms with E-state index >= 15 is 0 Å². The van der Waals surface area contributed by atoms with Crippen LogP contribution in [0, 0.1) is 6.92 Å². The van der Waals surface area contributed by atoms with E-state index in [0.717, 1.165) is 16.8 Å². The van der Waals surface area contributed by atoms with Crippen molar-refractivity contribution in [3.05, 3.63) is 41.9 Å². The van der Waals surface area contributed by atoms with Crippen LogP contribution in [0.3, 0.4) is 0 Å². The zero-order valence-electron chi connectivity index (χ0n) is 10.3. The highest BCUT2D eigenvalue weighted by atomic mass is 16.3. The minimum absolute atomic E-state index is 0.556. The van der Waals surface area contributed by atoms with Crippen LogP contribution in [0.1, 0.15) is 11.5 Å². The van der Waals surface area contributed by atoms with Crippen LogP contribution in [0.4, 0.5) is 11.6 Å². The highest BCUT2D eigenvalue weighted by molar-refractivity contribution is 5.81. The molecular weight excluding hydrogens is 242 g/mol. The molecule has 0 spiro atoms. The van der Waals surface area contributed by atoms with E-state index in [-0.39, 0.29) is 0 Å². The molecule has 19 heavy (non-hydrogen) atoms. The first-order valence-corrected chi connectivity index (χ1v) is 5.81. The Morgan fingerprint density at radius 2 is 2.26 bits per heavy atom. The molecule has 3 rings (SSSR count). The number of hydrazone groups is 1. The van der Waals surface area contributed by atoms with Gasteiger partial charge in [0.25, 0.3) is 0 Å². The van der Waals surface area contributed by atoms with E-state index in [0.29, 0.717) is 17.4 Å². The molecule has 0 unspecified atom stereocenters. The summed E-state index contributed by atoms with van der Waals surface area (Å²) >= 11 is 0. The number of nitrogens with two attached hydrogens (primary N) is 1. The van der Waals surface area contributed by atoms with Crippen LogP contribution in [0.2, 0.25) is 0 Å². The van der Waals surface area contributed by atoms with Gasteiger partial charge in [0.15, 0.2) is 0 Å². The molecule has 2 heterocycles. The number of rotatable bonds is 3. The number of benzene rings is 1. The lowest BCUT2D eigenvalue weighted by Crippen LogP contribution is -1.91. The molecule has 2 aromatic heterocycles. The Labute approximate surface area is 109 Å². The third kappa shape index (κ3) is 2.42. The molecule has 0 radical (unpaired) electrons. The summed E-state index contributed by atoms with van der Waals surface area (Å²) in [5, 5.41) is 4.05. The third-order valence-corrected chi connectivity index (χ3v) is 2.63. The predicted molar refractivity (Wildman–Crippen MR) is 75.2 cm³/mol. The van der Waals surface area contributed by atoms with Crippen molar-refractivity contribution in [1.29, 1.82) is 0 Å². The quantitative estimate of drug-likeness (QED) is 0.381. The van der Waals surface area contributed by atoms with E-state index in [1.807, 2.05) is 31.2 Å². The van der Waals surface area contributed by atoms with Crippen LogP contribution in [0.5, 0.6) is 0 Å². The van der Waals surface area contributed by atoms with Crippen molar-refractivity contribution in [2.45, 2.75) is 6.92 Å². The number of H-pyrrole nitrogens is 1. The number of hydrogen-bond donors (Lipinski definition) is 3. The molecule has 4 N–H and O–H groups in total. The van der Waals surface area contributed by atoms with Gasteiger partial charge >= 0.3 is 0 Å². The van der Waals surface area contributed by atoms with E-state index in [4.69, 9.17) is 10.2 Å². The van der Waals surface area contributed by atoms with Crippen LogP contribution >= 0.6 is 0 Å². The van der Waals surface area contributed by atoms with Crippen molar-refractivity contribution in [3.8, 4) is 0 Å². The Bertz CT molecular complexity index is 740. The van der Waals surface area contributed by atoms with Gasteiger partial charge in [-0.15, -0.1) is 0 Å². The molecule has 0 aliphatic heterocycles.